The lowest BCUT2D eigenvalue weighted by molar-refractivity contribution is -0.116. The van der Waals surface area contributed by atoms with Gasteiger partial charge in [-0.25, -0.2) is 0 Å². The summed E-state index contributed by atoms with van der Waals surface area (Å²) < 4.78 is 0.200. The van der Waals surface area contributed by atoms with Gasteiger partial charge in [-0.15, -0.1) is 11.8 Å². The first-order chi connectivity index (χ1) is 9.83. The molecule has 21 heavy (non-hydrogen) atoms. The van der Waals surface area contributed by atoms with Gasteiger partial charge in [0.1, 0.15) is 0 Å². The van der Waals surface area contributed by atoms with Crippen molar-refractivity contribution in [2.45, 2.75) is 62.6 Å². The van der Waals surface area contributed by atoms with Gasteiger partial charge in [0.2, 0.25) is 5.91 Å². The zero-order chi connectivity index (χ0) is 15.5. The van der Waals surface area contributed by atoms with Gasteiger partial charge in [0.05, 0.1) is 0 Å². The minimum absolute atomic E-state index is 0.105. The molecule has 1 fully saturated rings. The standard InChI is InChI=1S/C17H26N2OS/c1-12-10-14(21-17(2,3)4)7-8-15(12)19-16(20)11-13-6-5-9-18-13/h7-8,10,13,18H,5-6,9,11H2,1-4H3,(H,19,20). The zero-order valence-electron chi connectivity index (χ0n) is 13.5. The minimum atomic E-state index is 0.105. The van der Waals surface area contributed by atoms with E-state index in [-0.39, 0.29) is 10.7 Å². The molecule has 116 valence electrons. The number of hydrogen-bond donors (Lipinski definition) is 2. The largest absolute Gasteiger partial charge is 0.326 e. The Bertz CT molecular complexity index is 502. The number of anilines is 1. The van der Waals surface area contributed by atoms with Crippen molar-refractivity contribution in [2.75, 3.05) is 11.9 Å². The fraction of sp³-hybridized carbons (Fsp3) is 0.588. The third-order valence-electron chi connectivity index (χ3n) is 3.49. The molecule has 0 radical (unpaired) electrons. The van der Waals surface area contributed by atoms with Crippen molar-refractivity contribution in [3.05, 3.63) is 23.8 Å². The van der Waals surface area contributed by atoms with Gasteiger partial charge in [-0.3, -0.25) is 4.79 Å². The first-order valence-electron chi connectivity index (χ1n) is 7.66. The second-order valence-corrected chi connectivity index (χ2v) is 8.64. The highest BCUT2D eigenvalue weighted by Gasteiger charge is 2.18. The molecular formula is C17H26N2OS. The molecule has 0 bridgehead atoms. The summed E-state index contributed by atoms with van der Waals surface area (Å²) in [6.45, 7) is 9.71. The number of benzene rings is 1. The van der Waals surface area contributed by atoms with E-state index in [1.165, 1.54) is 11.3 Å². The van der Waals surface area contributed by atoms with Gasteiger partial charge >= 0.3 is 0 Å². The van der Waals surface area contributed by atoms with Crippen LogP contribution in [0.5, 0.6) is 0 Å². The van der Waals surface area contributed by atoms with E-state index < -0.39 is 0 Å². The van der Waals surface area contributed by atoms with Crippen molar-refractivity contribution in [1.82, 2.24) is 5.32 Å². The summed E-state index contributed by atoms with van der Waals surface area (Å²) in [6.07, 6.45) is 2.85. The summed E-state index contributed by atoms with van der Waals surface area (Å²) in [7, 11) is 0. The molecule has 1 heterocycles. The quantitative estimate of drug-likeness (QED) is 0.827. The van der Waals surface area contributed by atoms with Crippen LogP contribution in [0.3, 0.4) is 0 Å². The second-order valence-electron chi connectivity index (χ2n) is 6.74. The Morgan fingerprint density at radius 3 is 2.76 bits per heavy atom. The summed E-state index contributed by atoms with van der Waals surface area (Å²) in [5, 5.41) is 6.40. The molecule has 1 unspecified atom stereocenters. The normalized spacial score (nSPS) is 18.8. The van der Waals surface area contributed by atoms with Crippen LogP contribution in [-0.2, 0) is 4.79 Å². The Morgan fingerprint density at radius 2 is 2.19 bits per heavy atom. The van der Waals surface area contributed by atoms with Crippen molar-refractivity contribution >= 4 is 23.4 Å². The van der Waals surface area contributed by atoms with Gasteiger partial charge in [-0.1, -0.05) is 20.8 Å². The van der Waals surface area contributed by atoms with Gasteiger partial charge in [0, 0.05) is 27.8 Å². The van der Waals surface area contributed by atoms with Crippen LogP contribution in [0.2, 0.25) is 0 Å². The molecule has 0 aliphatic carbocycles. The Balaban J connectivity index is 1.95. The lowest BCUT2D eigenvalue weighted by Gasteiger charge is -2.19. The van der Waals surface area contributed by atoms with Crippen molar-refractivity contribution in [3.63, 3.8) is 0 Å². The number of rotatable bonds is 4. The fourth-order valence-corrected chi connectivity index (χ4v) is 3.63. The number of aryl methyl sites for hydroxylation is 1. The van der Waals surface area contributed by atoms with Crippen LogP contribution in [-0.4, -0.2) is 23.2 Å². The lowest BCUT2D eigenvalue weighted by Crippen LogP contribution is -2.27. The van der Waals surface area contributed by atoms with Crippen molar-refractivity contribution in [1.29, 1.82) is 0 Å². The maximum absolute atomic E-state index is 12.1. The third-order valence-corrected chi connectivity index (χ3v) is 4.59. The first kappa shape index (κ1) is 16.4. The van der Waals surface area contributed by atoms with Crippen LogP contribution in [0.4, 0.5) is 5.69 Å². The highest BCUT2D eigenvalue weighted by molar-refractivity contribution is 8.00. The van der Waals surface area contributed by atoms with Gasteiger partial charge < -0.3 is 10.6 Å². The molecule has 2 N–H and O–H groups in total. The molecule has 1 aromatic carbocycles. The average molecular weight is 306 g/mol. The summed E-state index contributed by atoms with van der Waals surface area (Å²) in [6, 6.07) is 6.61. The Kier molecular flexibility index (Phi) is 5.33. The fourth-order valence-electron chi connectivity index (χ4n) is 2.55. The molecule has 1 amide bonds. The highest BCUT2D eigenvalue weighted by atomic mass is 32.2. The molecule has 1 aliphatic rings. The topological polar surface area (TPSA) is 41.1 Å². The van der Waals surface area contributed by atoms with E-state index >= 15 is 0 Å². The highest BCUT2D eigenvalue weighted by Crippen LogP contribution is 2.33. The molecule has 0 spiro atoms. The number of amides is 1. The molecule has 0 saturated carbocycles. The van der Waals surface area contributed by atoms with Crippen LogP contribution in [0.1, 0.15) is 45.6 Å². The monoisotopic (exact) mass is 306 g/mol. The number of nitrogens with one attached hydrogen (secondary N) is 2. The maximum atomic E-state index is 12.1. The van der Waals surface area contributed by atoms with Crippen LogP contribution in [0.15, 0.2) is 23.1 Å². The minimum Gasteiger partial charge on any atom is -0.326 e. The second kappa shape index (κ2) is 6.84. The van der Waals surface area contributed by atoms with Crippen LogP contribution in [0, 0.1) is 6.92 Å². The van der Waals surface area contributed by atoms with Crippen LogP contribution >= 0.6 is 11.8 Å². The average Bonchev–Trinajstić information content (AvgIpc) is 2.83. The molecule has 1 saturated heterocycles. The van der Waals surface area contributed by atoms with Gasteiger partial charge in [-0.05, 0) is 50.1 Å². The third kappa shape index (κ3) is 5.36. The molecule has 1 aliphatic heterocycles. The molecule has 4 heteroatoms. The van der Waals surface area contributed by atoms with E-state index in [1.54, 1.807) is 0 Å². The number of thioether (sulfide) groups is 1. The Morgan fingerprint density at radius 1 is 1.43 bits per heavy atom. The molecular weight excluding hydrogens is 280 g/mol. The SMILES string of the molecule is Cc1cc(SC(C)(C)C)ccc1NC(=O)CC1CCCN1. The zero-order valence-corrected chi connectivity index (χ0v) is 14.3. The smallest absolute Gasteiger partial charge is 0.225 e. The predicted octanol–water partition coefficient (Wildman–Crippen LogP) is 3.97. The van der Waals surface area contributed by atoms with E-state index in [2.05, 4.69) is 50.5 Å². The van der Waals surface area contributed by atoms with Crippen molar-refractivity contribution in [2.24, 2.45) is 0 Å². The number of carbonyl (C=O) groups excluding carboxylic acids is 1. The summed E-state index contributed by atoms with van der Waals surface area (Å²) >= 11 is 1.85. The van der Waals surface area contributed by atoms with E-state index in [4.69, 9.17) is 0 Å². The lowest BCUT2D eigenvalue weighted by atomic mass is 10.1. The van der Waals surface area contributed by atoms with Gasteiger partial charge in [0.15, 0.2) is 0 Å². The van der Waals surface area contributed by atoms with E-state index in [9.17, 15) is 4.79 Å². The summed E-state index contributed by atoms with van der Waals surface area (Å²) in [5.74, 6) is 0.105. The van der Waals surface area contributed by atoms with Gasteiger partial charge in [-0.2, -0.15) is 0 Å². The Labute approximate surface area is 132 Å². The molecule has 1 atom stereocenters. The number of carbonyl (C=O) groups is 1. The first-order valence-corrected chi connectivity index (χ1v) is 8.48. The van der Waals surface area contributed by atoms with Crippen molar-refractivity contribution < 1.29 is 4.79 Å². The molecule has 0 aromatic heterocycles. The number of hydrogen-bond acceptors (Lipinski definition) is 3. The van der Waals surface area contributed by atoms with Gasteiger partial charge in [0.25, 0.3) is 0 Å². The van der Waals surface area contributed by atoms with E-state index in [0.29, 0.717) is 12.5 Å². The molecule has 1 aromatic rings. The molecule has 3 nitrogen and oxygen atoms in total. The van der Waals surface area contributed by atoms with Crippen molar-refractivity contribution in [3.8, 4) is 0 Å². The Hall–Kier alpha value is -1.00. The van der Waals surface area contributed by atoms with E-state index in [0.717, 1.165) is 24.2 Å². The van der Waals surface area contributed by atoms with E-state index in [1.807, 2.05) is 17.8 Å². The van der Waals surface area contributed by atoms with Crippen LogP contribution < -0.4 is 10.6 Å². The molecule has 2 rings (SSSR count). The summed E-state index contributed by atoms with van der Waals surface area (Å²) in [4.78, 5) is 13.3. The van der Waals surface area contributed by atoms with Crippen LogP contribution in [0.25, 0.3) is 0 Å². The predicted molar refractivity (Wildman–Crippen MR) is 91.1 cm³/mol. The summed E-state index contributed by atoms with van der Waals surface area (Å²) in [5.41, 5.74) is 2.05. The maximum Gasteiger partial charge on any atom is 0.225 e.